The number of ether oxygens (including phenoxy) is 1. The van der Waals surface area contributed by atoms with Crippen molar-refractivity contribution in [2.24, 2.45) is 17.3 Å². The summed E-state index contributed by atoms with van der Waals surface area (Å²) in [6.45, 7) is 8.04. The third-order valence-corrected chi connectivity index (χ3v) is 8.54. The van der Waals surface area contributed by atoms with Gasteiger partial charge in [0.2, 0.25) is 5.91 Å². The van der Waals surface area contributed by atoms with Gasteiger partial charge in [0.15, 0.2) is 0 Å². The molecular formula is C29H33N3O3. The third-order valence-electron chi connectivity index (χ3n) is 8.54. The number of nitrogens with one attached hydrogen (secondary N) is 1. The van der Waals surface area contributed by atoms with Crippen molar-refractivity contribution in [1.29, 1.82) is 0 Å². The lowest BCUT2D eigenvalue weighted by Crippen LogP contribution is -2.37. The number of carbonyl (C=O) groups is 2. The molecule has 1 N–H and O–H groups in total. The largest absolute Gasteiger partial charge is 0.465 e. The number of nitrogens with zero attached hydrogens (tertiary/aromatic N) is 2. The summed E-state index contributed by atoms with van der Waals surface area (Å²) in [5.41, 5.74) is 3.86. The first kappa shape index (κ1) is 22.4. The Hall–Kier alpha value is -3.12. The molecule has 0 aromatic heterocycles. The number of rotatable bonds is 6. The number of carbonyl (C=O) groups excluding carboxylic acids is 2. The Labute approximate surface area is 206 Å². The van der Waals surface area contributed by atoms with Crippen LogP contribution in [0.4, 0.5) is 11.4 Å². The van der Waals surface area contributed by atoms with Crippen LogP contribution in [0.5, 0.6) is 0 Å². The summed E-state index contributed by atoms with van der Waals surface area (Å²) in [6, 6.07) is 19.0. The molecule has 6 heteroatoms. The zero-order valence-corrected chi connectivity index (χ0v) is 20.1. The molecule has 2 aromatic carbocycles. The van der Waals surface area contributed by atoms with Crippen molar-refractivity contribution in [1.82, 2.24) is 4.90 Å². The number of esters is 1. The van der Waals surface area contributed by atoms with Crippen LogP contribution in [0.2, 0.25) is 0 Å². The highest BCUT2D eigenvalue weighted by atomic mass is 16.5. The van der Waals surface area contributed by atoms with Crippen LogP contribution in [0.1, 0.15) is 24.8 Å². The van der Waals surface area contributed by atoms with Crippen molar-refractivity contribution in [3.63, 3.8) is 0 Å². The zero-order chi connectivity index (χ0) is 24.0. The molecule has 6 rings (SSSR count). The molecule has 6 nitrogen and oxygen atoms in total. The van der Waals surface area contributed by atoms with Crippen molar-refractivity contribution in [3.05, 3.63) is 72.3 Å². The Morgan fingerprint density at radius 3 is 2.71 bits per heavy atom. The minimum absolute atomic E-state index is 0.0223. The van der Waals surface area contributed by atoms with Crippen molar-refractivity contribution in [3.8, 4) is 0 Å². The lowest BCUT2D eigenvalue weighted by molar-refractivity contribution is -0.146. The van der Waals surface area contributed by atoms with Gasteiger partial charge in [-0.2, -0.15) is 0 Å². The SMILES string of the molecule is C=C1CC2COC(=O)C2(Cc2ccc(NC(=O)CN3CC4CCN(c5ccccc5)C4C3)cc2)C1. The topological polar surface area (TPSA) is 61.9 Å². The Morgan fingerprint density at radius 1 is 1.11 bits per heavy atom. The minimum atomic E-state index is -0.455. The highest BCUT2D eigenvalue weighted by Crippen LogP contribution is 2.52. The van der Waals surface area contributed by atoms with Crippen LogP contribution in [-0.2, 0) is 20.7 Å². The Balaban J connectivity index is 1.04. The van der Waals surface area contributed by atoms with E-state index in [1.807, 2.05) is 24.3 Å². The molecule has 1 saturated carbocycles. The van der Waals surface area contributed by atoms with E-state index in [9.17, 15) is 9.59 Å². The molecule has 4 aliphatic rings. The van der Waals surface area contributed by atoms with Crippen LogP contribution in [0.3, 0.4) is 0 Å². The van der Waals surface area contributed by atoms with E-state index < -0.39 is 5.41 Å². The summed E-state index contributed by atoms with van der Waals surface area (Å²) in [4.78, 5) is 30.1. The molecule has 1 aliphatic carbocycles. The first-order valence-corrected chi connectivity index (χ1v) is 12.8. The van der Waals surface area contributed by atoms with Crippen molar-refractivity contribution in [2.45, 2.75) is 31.7 Å². The average molecular weight is 472 g/mol. The van der Waals surface area contributed by atoms with Crippen molar-refractivity contribution in [2.75, 3.05) is 43.0 Å². The number of hydrogen-bond donors (Lipinski definition) is 1. The summed E-state index contributed by atoms with van der Waals surface area (Å²) in [5.74, 6) is 0.799. The van der Waals surface area contributed by atoms with Crippen LogP contribution < -0.4 is 10.2 Å². The maximum atomic E-state index is 12.8. The normalized spacial score (nSPS) is 29.8. The highest BCUT2D eigenvalue weighted by Gasteiger charge is 2.55. The van der Waals surface area contributed by atoms with Gasteiger partial charge < -0.3 is 15.0 Å². The van der Waals surface area contributed by atoms with Gasteiger partial charge in [-0.05, 0) is 61.4 Å². The molecule has 0 spiro atoms. The second kappa shape index (κ2) is 8.83. The van der Waals surface area contributed by atoms with Gasteiger partial charge in [0.25, 0.3) is 0 Å². The summed E-state index contributed by atoms with van der Waals surface area (Å²) in [6.07, 6.45) is 3.44. The van der Waals surface area contributed by atoms with E-state index in [4.69, 9.17) is 4.74 Å². The molecule has 35 heavy (non-hydrogen) atoms. The Kier molecular flexibility index (Phi) is 5.64. The molecule has 2 aromatic rings. The third kappa shape index (κ3) is 4.14. The van der Waals surface area contributed by atoms with Gasteiger partial charge in [-0.25, -0.2) is 0 Å². The molecule has 3 aliphatic heterocycles. The molecule has 4 atom stereocenters. The summed E-state index contributed by atoms with van der Waals surface area (Å²) < 4.78 is 5.40. The lowest BCUT2D eigenvalue weighted by Gasteiger charge is -2.27. The van der Waals surface area contributed by atoms with E-state index in [0.29, 0.717) is 38.0 Å². The van der Waals surface area contributed by atoms with Crippen molar-refractivity contribution >= 4 is 23.3 Å². The predicted molar refractivity (Wildman–Crippen MR) is 136 cm³/mol. The van der Waals surface area contributed by atoms with Crippen LogP contribution in [0.25, 0.3) is 0 Å². The molecular weight excluding hydrogens is 438 g/mol. The first-order chi connectivity index (χ1) is 17.0. The van der Waals surface area contributed by atoms with Gasteiger partial charge in [0, 0.05) is 43.0 Å². The fourth-order valence-corrected chi connectivity index (χ4v) is 6.85. The monoisotopic (exact) mass is 471 g/mol. The Bertz CT molecular complexity index is 1130. The van der Waals surface area contributed by atoms with Gasteiger partial charge >= 0.3 is 5.97 Å². The van der Waals surface area contributed by atoms with Gasteiger partial charge in [0.1, 0.15) is 0 Å². The number of para-hydroxylation sites is 1. The molecule has 0 radical (unpaired) electrons. The quantitative estimate of drug-likeness (QED) is 0.512. The van der Waals surface area contributed by atoms with E-state index >= 15 is 0 Å². The number of likely N-dealkylation sites (tertiary alicyclic amines) is 1. The number of anilines is 2. The molecule has 4 unspecified atom stereocenters. The lowest BCUT2D eigenvalue weighted by atomic mass is 9.75. The second-order valence-corrected chi connectivity index (χ2v) is 10.8. The minimum Gasteiger partial charge on any atom is -0.465 e. The van der Waals surface area contributed by atoms with Gasteiger partial charge in [-0.3, -0.25) is 14.5 Å². The van der Waals surface area contributed by atoms with E-state index in [-0.39, 0.29) is 17.8 Å². The molecule has 3 saturated heterocycles. The van der Waals surface area contributed by atoms with Gasteiger partial charge in [-0.15, -0.1) is 0 Å². The predicted octanol–water partition coefficient (Wildman–Crippen LogP) is 3.89. The second-order valence-electron chi connectivity index (χ2n) is 10.8. The fourth-order valence-electron chi connectivity index (χ4n) is 6.85. The number of hydrogen-bond acceptors (Lipinski definition) is 5. The number of benzene rings is 2. The van der Waals surface area contributed by atoms with E-state index in [1.165, 1.54) is 12.1 Å². The summed E-state index contributed by atoms with van der Waals surface area (Å²) >= 11 is 0. The molecule has 3 heterocycles. The standard InChI is InChI=1S/C29H33N3O3/c1-20-13-23-19-35-28(34)29(23,14-20)15-21-7-9-24(10-8-21)30-27(33)18-31-16-22-11-12-32(26(22)17-31)25-5-3-2-4-6-25/h2-10,22-23,26H,1,11-19H2,(H,30,33). The number of fused-ring (bicyclic) bond motifs is 2. The van der Waals surface area contributed by atoms with Crippen LogP contribution in [0, 0.1) is 17.3 Å². The van der Waals surface area contributed by atoms with Crippen molar-refractivity contribution < 1.29 is 14.3 Å². The molecule has 182 valence electrons. The van der Waals surface area contributed by atoms with Crippen LogP contribution in [0.15, 0.2) is 66.7 Å². The maximum absolute atomic E-state index is 12.8. The molecule has 1 amide bonds. The summed E-state index contributed by atoms with van der Waals surface area (Å²) in [5, 5.41) is 3.06. The highest BCUT2D eigenvalue weighted by molar-refractivity contribution is 5.92. The van der Waals surface area contributed by atoms with Crippen LogP contribution in [-0.4, -0.2) is 55.6 Å². The maximum Gasteiger partial charge on any atom is 0.313 e. The Morgan fingerprint density at radius 2 is 1.91 bits per heavy atom. The van der Waals surface area contributed by atoms with Gasteiger partial charge in [-0.1, -0.05) is 42.5 Å². The first-order valence-electron chi connectivity index (χ1n) is 12.8. The fraction of sp³-hybridized carbons (Fsp3) is 0.448. The zero-order valence-electron chi connectivity index (χ0n) is 20.1. The average Bonchev–Trinajstić information content (AvgIpc) is 3.57. The van der Waals surface area contributed by atoms with E-state index in [0.717, 1.165) is 42.9 Å². The van der Waals surface area contributed by atoms with E-state index in [1.54, 1.807) is 0 Å². The molecule has 0 bridgehead atoms. The number of allylic oxidation sites excluding steroid dienone is 1. The van der Waals surface area contributed by atoms with Gasteiger partial charge in [0.05, 0.1) is 18.6 Å². The van der Waals surface area contributed by atoms with Crippen LogP contribution >= 0.6 is 0 Å². The number of cyclic esters (lactones) is 1. The number of amides is 1. The smallest absolute Gasteiger partial charge is 0.313 e. The van der Waals surface area contributed by atoms with E-state index in [2.05, 4.69) is 52.0 Å². The molecule has 4 fully saturated rings. The summed E-state index contributed by atoms with van der Waals surface area (Å²) in [7, 11) is 0.